The number of para-hydroxylation sites is 2. The van der Waals surface area contributed by atoms with Crippen LogP contribution < -0.4 is 0 Å². The van der Waals surface area contributed by atoms with E-state index in [1.165, 1.54) is 44.2 Å². The molecule has 9 rings (SSSR count). The van der Waals surface area contributed by atoms with Gasteiger partial charge < -0.3 is 14.5 Å². The fraction of sp³-hybridized carbons (Fsp3) is 0. The Labute approximate surface area is 305 Å². The molecule has 0 bridgehead atoms. The molecule has 9 aromatic rings. The smallest absolute Gasteiger partial charge is 0.0541 e. The van der Waals surface area contributed by atoms with Gasteiger partial charge in [0.1, 0.15) is 0 Å². The Morgan fingerprint density at radius 2 is 0.980 bits per heavy atom. The predicted octanol–water partition coefficient (Wildman–Crippen LogP) is 11.5. The second-order valence-corrected chi connectivity index (χ2v) is 11.7. The van der Waals surface area contributed by atoms with E-state index in [-0.39, 0.29) is 20.1 Å². The zero-order valence-electron chi connectivity index (χ0n) is 27.1. The number of aromatic nitrogens is 3. The molecule has 0 N–H and O–H groups in total. The third kappa shape index (κ3) is 6.81. The van der Waals surface area contributed by atoms with Gasteiger partial charge in [-0.1, -0.05) is 91.0 Å². The number of nitrogens with zero attached hydrogens (tertiary/aromatic N) is 3. The van der Waals surface area contributed by atoms with E-state index in [1.54, 1.807) is 6.20 Å². The van der Waals surface area contributed by atoms with Gasteiger partial charge in [0, 0.05) is 49.0 Å². The van der Waals surface area contributed by atoms with Crippen molar-refractivity contribution in [1.29, 1.82) is 0 Å². The Morgan fingerprint density at radius 3 is 1.66 bits per heavy atom. The summed E-state index contributed by atoms with van der Waals surface area (Å²) in [6.07, 6.45) is 3.61. The summed E-state index contributed by atoms with van der Waals surface area (Å²) in [5, 5.41) is 2.53. The summed E-state index contributed by atoms with van der Waals surface area (Å²) in [6, 6.07) is 67.2. The molecule has 4 heteroatoms. The first-order valence-corrected chi connectivity index (χ1v) is 16.3. The van der Waals surface area contributed by atoms with E-state index in [4.69, 9.17) is 0 Å². The third-order valence-corrected chi connectivity index (χ3v) is 8.63. The first-order valence-electron chi connectivity index (χ1n) is 16.3. The molecular formula is C46H31IrN3-2. The van der Waals surface area contributed by atoms with Crippen molar-refractivity contribution in [3.8, 4) is 50.5 Å². The number of fused-ring (bicyclic) bond motifs is 3. The Bertz CT molecular complexity index is 2420. The van der Waals surface area contributed by atoms with Gasteiger partial charge in [-0.3, -0.25) is 0 Å². The molecular weight excluding hydrogens is 787 g/mol. The molecule has 0 saturated carbocycles. The number of rotatable bonds is 5. The Balaban J connectivity index is 0.000000255. The van der Waals surface area contributed by atoms with Gasteiger partial charge in [0.05, 0.1) is 11.0 Å². The van der Waals surface area contributed by atoms with Crippen LogP contribution in [-0.2, 0) is 20.1 Å². The average Bonchev–Trinajstić information content (AvgIpc) is 3.53. The zero-order chi connectivity index (χ0) is 32.8. The first kappa shape index (κ1) is 32.6. The molecule has 50 heavy (non-hydrogen) atoms. The van der Waals surface area contributed by atoms with Crippen molar-refractivity contribution in [1.82, 2.24) is 14.5 Å². The SMILES string of the molecule is [Ir].[c-]1ccc(-c2ccc(-c3ccc4c(c3)c3ccccc3n4-c3ccccc3)cc2)cc1-c1ccccn1.[c-]1ccccc1-c1ccccn1. The van der Waals surface area contributed by atoms with Crippen LogP contribution in [0.1, 0.15) is 0 Å². The molecule has 0 spiro atoms. The van der Waals surface area contributed by atoms with Gasteiger partial charge in [-0.15, -0.1) is 71.3 Å². The minimum atomic E-state index is 0. The van der Waals surface area contributed by atoms with Crippen LogP contribution in [0.2, 0.25) is 0 Å². The number of pyridine rings is 2. The van der Waals surface area contributed by atoms with Crippen molar-refractivity contribution in [3.63, 3.8) is 0 Å². The van der Waals surface area contributed by atoms with E-state index in [0.717, 1.165) is 28.1 Å². The first-order chi connectivity index (χ1) is 24.3. The minimum Gasteiger partial charge on any atom is -0.309 e. The molecule has 0 aliphatic carbocycles. The van der Waals surface area contributed by atoms with Gasteiger partial charge in [0.2, 0.25) is 0 Å². The fourth-order valence-corrected chi connectivity index (χ4v) is 6.25. The molecule has 0 amide bonds. The summed E-state index contributed by atoms with van der Waals surface area (Å²) < 4.78 is 2.35. The molecule has 3 aromatic heterocycles. The van der Waals surface area contributed by atoms with Crippen molar-refractivity contribution in [2.75, 3.05) is 0 Å². The van der Waals surface area contributed by atoms with Crippen LogP contribution in [0, 0.1) is 12.1 Å². The van der Waals surface area contributed by atoms with Gasteiger partial charge in [-0.2, -0.15) is 0 Å². The second kappa shape index (κ2) is 15.1. The van der Waals surface area contributed by atoms with E-state index >= 15 is 0 Å². The Morgan fingerprint density at radius 1 is 0.400 bits per heavy atom. The number of hydrogen-bond acceptors (Lipinski definition) is 2. The molecule has 0 aliphatic rings. The van der Waals surface area contributed by atoms with Crippen molar-refractivity contribution >= 4 is 21.8 Å². The summed E-state index contributed by atoms with van der Waals surface area (Å²) in [5.74, 6) is 0. The molecule has 241 valence electrons. The molecule has 1 radical (unpaired) electrons. The summed E-state index contributed by atoms with van der Waals surface area (Å²) >= 11 is 0. The van der Waals surface area contributed by atoms with Gasteiger partial charge >= 0.3 is 0 Å². The molecule has 0 fully saturated rings. The number of hydrogen-bond donors (Lipinski definition) is 0. The van der Waals surface area contributed by atoms with Crippen LogP contribution in [0.4, 0.5) is 0 Å². The normalized spacial score (nSPS) is 10.6. The third-order valence-electron chi connectivity index (χ3n) is 8.63. The topological polar surface area (TPSA) is 30.7 Å². The zero-order valence-corrected chi connectivity index (χ0v) is 29.5. The summed E-state index contributed by atoms with van der Waals surface area (Å²) in [5.41, 5.74) is 12.3. The maximum absolute atomic E-state index is 4.47. The molecule has 0 atom stereocenters. The van der Waals surface area contributed by atoms with Crippen LogP contribution in [0.5, 0.6) is 0 Å². The van der Waals surface area contributed by atoms with E-state index in [0.29, 0.717) is 0 Å². The molecule has 6 aromatic carbocycles. The quantitative estimate of drug-likeness (QED) is 0.162. The molecule has 0 unspecified atom stereocenters. The van der Waals surface area contributed by atoms with Crippen LogP contribution in [0.3, 0.4) is 0 Å². The van der Waals surface area contributed by atoms with Gasteiger partial charge in [0.15, 0.2) is 0 Å². The van der Waals surface area contributed by atoms with Crippen LogP contribution in [0.15, 0.2) is 188 Å². The predicted molar refractivity (Wildman–Crippen MR) is 202 cm³/mol. The molecule has 0 saturated heterocycles. The largest absolute Gasteiger partial charge is 0.309 e. The van der Waals surface area contributed by atoms with E-state index in [9.17, 15) is 0 Å². The summed E-state index contributed by atoms with van der Waals surface area (Å²) in [4.78, 5) is 8.69. The van der Waals surface area contributed by atoms with Crippen LogP contribution in [-0.4, -0.2) is 14.5 Å². The molecule has 3 heterocycles. The average molecular weight is 818 g/mol. The van der Waals surface area contributed by atoms with Gasteiger partial charge in [-0.25, -0.2) is 0 Å². The maximum atomic E-state index is 4.47. The van der Waals surface area contributed by atoms with Crippen LogP contribution in [0.25, 0.3) is 72.3 Å². The summed E-state index contributed by atoms with van der Waals surface area (Å²) in [6.45, 7) is 0. The Kier molecular flexibility index (Phi) is 9.84. The van der Waals surface area contributed by atoms with Crippen LogP contribution >= 0.6 is 0 Å². The maximum Gasteiger partial charge on any atom is 0.0541 e. The molecule has 3 nitrogen and oxygen atoms in total. The van der Waals surface area contributed by atoms with E-state index in [2.05, 4.69) is 136 Å². The van der Waals surface area contributed by atoms with Gasteiger partial charge in [0.25, 0.3) is 0 Å². The van der Waals surface area contributed by atoms with Crippen molar-refractivity contribution in [2.24, 2.45) is 0 Å². The van der Waals surface area contributed by atoms with Gasteiger partial charge in [-0.05, 0) is 70.5 Å². The Hall–Kier alpha value is -5.93. The van der Waals surface area contributed by atoms with Crippen molar-refractivity contribution in [3.05, 3.63) is 200 Å². The monoisotopic (exact) mass is 818 g/mol. The standard InChI is InChI=1S/C35H23N2.C11H8N.Ir/c1-2-11-30(12-3-1)37-34-15-5-4-13-31(34)32-24-28(20-21-35(32)37)26-18-16-25(17-19-26)27-9-8-10-29(23-27)33-14-6-7-22-36-33;1-2-6-10(7-3-1)11-8-4-5-9-12-11;/h1-9,11-24H;1-6,8-9H;/q2*-1;. The van der Waals surface area contributed by atoms with E-state index < -0.39 is 0 Å². The number of benzene rings is 6. The van der Waals surface area contributed by atoms with Crippen molar-refractivity contribution in [2.45, 2.75) is 0 Å². The minimum absolute atomic E-state index is 0. The van der Waals surface area contributed by atoms with Crippen molar-refractivity contribution < 1.29 is 20.1 Å². The summed E-state index contributed by atoms with van der Waals surface area (Å²) in [7, 11) is 0. The fourth-order valence-electron chi connectivity index (χ4n) is 6.25. The molecule has 0 aliphatic heterocycles. The van der Waals surface area contributed by atoms with E-state index in [1.807, 2.05) is 72.9 Å². The second-order valence-electron chi connectivity index (χ2n) is 11.7.